The Balaban J connectivity index is 2.62. The van der Waals surface area contributed by atoms with E-state index in [1.165, 1.54) is 12.1 Å². The summed E-state index contributed by atoms with van der Waals surface area (Å²) in [4.78, 5) is 11.7. The number of ether oxygens (including phenoxy) is 1. The van der Waals surface area contributed by atoms with E-state index in [9.17, 15) is 9.18 Å². The number of amides is 1. The van der Waals surface area contributed by atoms with Crippen LogP contribution in [0.5, 0.6) is 0 Å². The highest BCUT2D eigenvalue weighted by molar-refractivity contribution is 5.94. The molecule has 0 aliphatic carbocycles. The lowest BCUT2D eigenvalue weighted by molar-refractivity contribution is 0.0948. The molecule has 20 heavy (non-hydrogen) atoms. The Morgan fingerprint density at radius 2 is 2.30 bits per heavy atom. The standard InChI is InChI=1S/C15H18FNO3/c1-20-10-4-8-17-15(19)13-7-6-12(14(16)11-13)5-2-3-9-18/h6-7,11,18H,3-4,8-10H2,1H3,(H,17,19). The van der Waals surface area contributed by atoms with Crippen molar-refractivity contribution in [1.82, 2.24) is 5.32 Å². The zero-order chi connectivity index (χ0) is 14.8. The summed E-state index contributed by atoms with van der Waals surface area (Å²) in [6.07, 6.45) is 0.997. The smallest absolute Gasteiger partial charge is 0.251 e. The lowest BCUT2D eigenvalue weighted by Crippen LogP contribution is -2.25. The van der Waals surface area contributed by atoms with Crippen molar-refractivity contribution in [3.63, 3.8) is 0 Å². The van der Waals surface area contributed by atoms with Gasteiger partial charge < -0.3 is 15.2 Å². The molecular formula is C15H18FNO3. The highest BCUT2D eigenvalue weighted by Crippen LogP contribution is 2.09. The molecule has 0 fully saturated rings. The summed E-state index contributed by atoms with van der Waals surface area (Å²) in [6.45, 7) is 0.983. The molecule has 0 radical (unpaired) electrons. The topological polar surface area (TPSA) is 58.6 Å². The van der Waals surface area contributed by atoms with Gasteiger partial charge in [0.25, 0.3) is 5.91 Å². The van der Waals surface area contributed by atoms with Crippen LogP contribution in [-0.4, -0.2) is 37.9 Å². The number of aliphatic hydroxyl groups excluding tert-OH is 1. The van der Waals surface area contributed by atoms with E-state index in [4.69, 9.17) is 9.84 Å². The number of hydrogen-bond donors (Lipinski definition) is 2. The number of halogens is 1. The van der Waals surface area contributed by atoms with Crippen molar-refractivity contribution in [2.45, 2.75) is 12.8 Å². The lowest BCUT2D eigenvalue weighted by Gasteiger charge is -2.05. The van der Waals surface area contributed by atoms with Crippen molar-refractivity contribution in [3.05, 3.63) is 35.1 Å². The van der Waals surface area contributed by atoms with Gasteiger partial charge in [-0.1, -0.05) is 11.8 Å². The van der Waals surface area contributed by atoms with E-state index in [1.807, 2.05) is 0 Å². The third kappa shape index (κ3) is 5.39. The zero-order valence-electron chi connectivity index (χ0n) is 11.4. The molecule has 108 valence electrons. The molecule has 0 saturated heterocycles. The van der Waals surface area contributed by atoms with E-state index < -0.39 is 5.82 Å². The molecular weight excluding hydrogens is 261 g/mol. The molecule has 1 rings (SSSR count). The molecule has 0 aliphatic heterocycles. The van der Waals surface area contributed by atoms with Crippen molar-refractivity contribution in [1.29, 1.82) is 0 Å². The number of benzene rings is 1. The second-order valence-electron chi connectivity index (χ2n) is 4.07. The van der Waals surface area contributed by atoms with E-state index in [0.717, 1.165) is 6.07 Å². The fourth-order valence-corrected chi connectivity index (χ4v) is 1.49. The summed E-state index contributed by atoms with van der Waals surface area (Å²) in [7, 11) is 1.59. The summed E-state index contributed by atoms with van der Waals surface area (Å²) in [5, 5.41) is 11.3. The van der Waals surface area contributed by atoms with Gasteiger partial charge in [-0.2, -0.15) is 0 Å². The van der Waals surface area contributed by atoms with Crippen LogP contribution in [0.3, 0.4) is 0 Å². The molecule has 1 amide bonds. The van der Waals surface area contributed by atoms with Crippen LogP contribution in [0.25, 0.3) is 0 Å². The first kappa shape index (κ1) is 16.2. The number of carbonyl (C=O) groups excluding carboxylic acids is 1. The van der Waals surface area contributed by atoms with Crippen molar-refractivity contribution in [2.75, 3.05) is 26.9 Å². The Morgan fingerprint density at radius 3 is 2.95 bits per heavy atom. The van der Waals surface area contributed by atoms with Crippen LogP contribution in [0, 0.1) is 17.7 Å². The fraction of sp³-hybridized carbons (Fsp3) is 0.400. The summed E-state index contributed by atoms with van der Waals surface area (Å²) in [5.41, 5.74) is 0.474. The van der Waals surface area contributed by atoms with Gasteiger partial charge in [0.05, 0.1) is 12.2 Å². The average Bonchev–Trinajstić information content (AvgIpc) is 2.45. The Hall–Kier alpha value is -1.90. The SMILES string of the molecule is COCCCNC(=O)c1ccc(C#CCCO)c(F)c1. The van der Waals surface area contributed by atoms with Gasteiger partial charge in [0, 0.05) is 32.2 Å². The highest BCUT2D eigenvalue weighted by atomic mass is 19.1. The van der Waals surface area contributed by atoms with Gasteiger partial charge in [-0.15, -0.1) is 0 Å². The second kappa shape index (κ2) is 9.08. The largest absolute Gasteiger partial charge is 0.395 e. The van der Waals surface area contributed by atoms with E-state index in [-0.39, 0.29) is 23.6 Å². The number of nitrogens with one attached hydrogen (secondary N) is 1. The van der Waals surface area contributed by atoms with Crippen LogP contribution >= 0.6 is 0 Å². The predicted octanol–water partition coefficient (Wildman–Crippen LogP) is 1.33. The minimum Gasteiger partial charge on any atom is -0.395 e. The highest BCUT2D eigenvalue weighted by Gasteiger charge is 2.08. The van der Waals surface area contributed by atoms with Crippen LogP contribution in [-0.2, 0) is 4.74 Å². The van der Waals surface area contributed by atoms with Crippen LogP contribution in [0.2, 0.25) is 0 Å². The molecule has 1 aromatic carbocycles. The zero-order valence-corrected chi connectivity index (χ0v) is 11.4. The molecule has 0 atom stereocenters. The molecule has 2 N–H and O–H groups in total. The van der Waals surface area contributed by atoms with Crippen molar-refractivity contribution >= 4 is 5.91 Å². The summed E-state index contributed by atoms with van der Waals surface area (Å²) in [6, 6.07) is 4.15. The average molecular weight is 279 g/mol. The van der Waals surface area contributed by atoms with Gasteiger partial charge >= 0.3 is 0 Å². The molecule has 1 aromatic rings. The van der Waals surface area contributed by atoms with Crippen molar-refractivity contribution in [3.8, 4) is 11.8 Å². The van der Waals surface area contributed by atoms with E-state index >= 15 is 0 Å². The molecule has 4 nitrogen and oxygen atoms in total. The molecule has 0 unspecified atom stereocenters. The van der Waals surface area contributed by atoms with Gasteiger partial charge in [-0.3, -0.25) is 4.79 Å². The normalized spacial score (nSPS) is 9.75. The maximum Gasteiger partial charge on any atom is 0.251 e. The Bertz CT molecular complexity index is 506. The van der Waals surface area contributed by atoms with Crippen molar-refractivity contribution < 1.29 is 19.0 Å². The number of methoxy groups -OCH3 is 1. The molecule has 0 bridgehead atoms. The summed E-state index contributed by atoms with van der Waals surface area (Å²) in [5.74, 6) is 4.38. The van der Waals surface area contributed by atoms with Crippen LogP contribution < -0.4 is 5.32 Å². The Kier molecular flexibility index (Phi) is 7.33. The van der Waals surface area contributed by atoms with Crippen molar-refractivity contribution in [2.24, 2.45) is 0 Å². The first-order chi connectivity index (χ1) is 9.69. The predicted molar refractivity (Wildman–Crippen MR) is 73.8 cm³/mol. The molecule has 5 heteroatoms. The summed E-state index contributed by atoms with van der Waals surface area (Å²) < 4.78 is 18.6. The fourth-order valence-electron chi connectivity index (χ4n) is 1.49. The summed E-state index contributed by atoms with van der Waals surface area (Å²) >= 11 is 0. The Labute approximate surface area is 117 Å². The molecule has 0 aromatic heterocycles. The van der Waals surface area contributed by atoms with Crippen LogP contribution in [0.1, 0.15) is 28.8 Å². The number of rotatable bonds is 6. The minimum absolute atomic E-state index is 0.0589. The Morgan fingerprint density at radius 1 is 1.50 bits per heavy atom. The molecule has 0 spiro atoms. The van der Waals surface area contributed by atoms with Gasteiger partial charge in [0.15, 0.2) is 0 Å². The van der Waals surface area contributed by atoms with E-state index in [2.05, 4.69) is 17.2 Å². The third-order valence-electron chi connectivity index (χ3n) is 2.50. The molecule has 0 aliphatic rings. The molecule has 0 saturated carbocycles. The minimum atomic E-state index is -0.542. The maximum atomic E-state index is 13.7. The van der Waals surface area contributed by atoms with Crippen LogP contribution in [0.4, 0.5) is 4.39 Å². The molecule has 0 heterocycles. The first-order valence-corrected chi connectivity index (χ1v) is 6.35. The second-order valence-corrected chi connectivity index (χ2v) is 4.07. The first-order valence-electron chi connectivity index (χ1n) is 6.35. The number of hydrogen-bond acceptors (Lipinski definition) is 3. The lowest BCUT2D eigenvalue weighted by atomic mass is 10.1. The monoisotopic (exact) mass is 279 g/mol. The maximum absolute atomic E-state index is 13.7. The number of aliphatic hydroxyl groups is 1. The van der Waals surface area contributed by atoms with Gasteiger partial charge in [-0.05, 0) is 24.6 Å². The van der Waals surface area contributed by atoms with Gasteiger partial charge in [-0.25, -0.2) is 4.39 Å². The van der Waals surface area contributed by atoms with Gasteiger partial charge in [0.1, 0.15) is 5.82 Å². The quantitative estimate of drug-likeness (QED) is 0.610. The number of carbonyl (C=O) groups is 1. The van der Waals surface area contributed by atoms with Crippen LogP contribution in [0.15, 0.2) is 18.2 Å². The van der Waals surface area contributed by atoms with Gasteiger partial charge in [0.2, 0.25) is 0 Å². The van der Waals surface area contributed by atoms with E-state index in [0.29, 0.717) is 26.0 Å². The van der Waals surface area contributed by atoms with E-state index in [1.54, 1.807) is 7.11 Å². The third-order valence-corrected chi connectivity index (χ3v) is 2.50.